The quantitative estimate of drug-likeness (QED) is 0.0782. The van der Waals surface area contributed by atoms with Crippen molar-refractivity contribution in [1.29, 1.82) is 0 Å². The molecule has 0 bridgehead atoms. The molecule has 0 saturated heterocycles. The first-order valence-electron chi connectivity index (χ1n) is 25.6. The maximum absolute atomic E-state index is 15.7. The zero-order chi connectivity index (χ0) is 58.9. The molecule has 0 radical (unpaired) electrons. The molecule has 0 spiro atoms. The Kier molecular flexibility index (Phi) is 13.2. The molecule has 3 aliphatic rings. The summed E-state index contributed by atoms with van der Waals surface area (Å²) in [6.07, 6.45) is -14.1. The van der Waals surface area contributed by atoms with E-state index >= 15 is 13.2 Å². The number of halogens is 14. The Bertz CT molecular complexity index is 4240. The highest BCUT2D eigenvalue weighted by Crippen LogP contribution is 2.56. The van der Waals surface area contributed by atoms with E-state index in [1.807, 2.05) is 0 Å². The average molecular weight is 1170 g/mol. The van der Waals surface area contributed by atoms with Gasteiger partial charge in [0.05, 0.1) is 29.3 Å². The number of aromatic nitrogens is 12. The Morgan fingerprint density at radius 1 is 0.578 bits per heavy atom. The zero-order valence-electron chi connectivity index (χ0n) is 42.5. The minimum absolute atomic E-state index is 0.0362. The van der Waals surface area contributed by atoms with Crippen LogP contribution >= 0.6 is 0 Å². The molecule has 3 aliphatic carbocycles. The smallest absolute Gasteiger partial charge is 0.406 e. The monoisotopic (exact) mass is 1170 g/mol. The molecule has 7 atom stereocenters. The molecule has 434 valence electrons. The molecule has 16 nitrogen and oxygen atoms in total. The van der Waals surface area contributed by atoms with Crippen molar-refractivity contribution in [1.82, 2.24) is 59.2 Å². The summed E-state index contributed by atoms with van der Waals surface area (Å²) in [6.45, 7) is -2.44. The highest BCUT2D eigenvalue weighted by Gasteiger charge is 2.51. The molecule has 9 aromatic rings. The fraction of sp³-hybridized carbons (Fsp3) is 0.377. The van der Waals surface area contributed by atoms with Gasteiger partial charge in [-0.3, -0.25) is 14.4 Å². The van der Waals surface area contributed by atoms with E-state index in [2.05, 4.69) is 45.0 Å². The summed E-state index contributed by atoms with van der Waals surface area (Å²) in [7, 11) is 0. The van der Waals surface area contributed by atoms with Gasteiger partial charge in [-0.15, -0.1) is 13.2 Å². The lowest BCUT2D eigenvalue weighted by Crippen LogP contribution is -2.21. The van der Waals surface area contributed by atoms with E-state index in [0.717, 1.165) is 28.9 Å². The summed E-state index contributed by atoms with van der Waals surface area (Å²) in [5.74, 6) is -7.14. The summed E-state index contributed by atoms with van der Waals surface area (Å²) in [6, 6.07) is 5.58. The number of nitrogens with one attached hydrogen (secondary N) is 3. The number of hydrogen-bond acceptors (Lipinski definition) is 10. The summed E-state index contributed by atoms with van der Waals surface area (Å²) in [5.41, 5.74) is -7.27. The summed E-state index contributed by atoms with van der Waals surface area (Å²) in [5, 5.41) is 12.2. The molecular formula is C53H40F14N12O4. The second-order valence-corrected chi connectivity index (χ2v) is 20.9. The number of alkyl halides is 12. The van der Waals surface area contributed by atoms with Gasteiger partial charge in [0, 0.05) is 12.3 Å². The number of aryl methyl sites for hydroxylation is 1. The Hall–Kier alpha value is -8.47. The molecule has 30 heteroatoms. The second kappa shape index (κ2) is 19.9. The van der Waals surface area contributed by atoms with E-state index < -0.39 is 137 Å². The first-order valence-corrected chi connectivity index (χ1v) is 25.6. The highest BCUT2D eigenvalue weighted by atomic mass is 19.4. The van der Waals surface area contributed by atoms with Gasteiger partial charge in [-0.05, 0) is 109 Å². The Labute approximate surface area is 454 Å². The molecule has 3 fully saturated rings. The van der Waals surface area contributed by atoms with Crippen LogP contribution in [0.1, 0.15) is 112 Å². The maximum atomic E-state index is 15.7. The molecule has 6 heterocycles. The van der Waals surface area contributed by atoms with Gasteiger partial charge in [0.1, 0.15) is 88.1 Å². The van der Waals surface area contributed by atoms with Crippen LogP contribution in [0, 0.1) is 42.2 Å². The molecule has 6 aromatic heterocycles. The van der Waals surface area contributed by atoms with Gasteiger partial charge in [-0.2, -0.15) is 41.6 Å². The number of H-pyrrole nitrogens is 3. The number of hydrogen-bond donors (Lipinski definition) is 3. The third kappa shape index (κ3) is 10.0. The van der Waals surface area contributed by atoms with Crippen molar-refractivity contribution in [3.05, 3.63) is 166 Å². The molecule has 0 amide bonds. The van der Waals surface area contributed by atoms with Gasteiger partial charge in [-0.25, -0.2) is 50.9 Å². The van der Waals surface area contributed by atoms with E-state index in [4.69, 9.17) is 4.98 Å². The van der Waals surface area contributed by atoms with Crippen LogP contribution in [0.4, 0.5) is 61.5 Å². The van der Waals surface area contributed by atoms with Gasteiger partial charge in [0.15, 0.2) is 16.9 Å². The van der Waals surface area contributed by atoms with E-state index in [1.54, 1.807) is 0 Å². The Morgan fingerprint density at radius 3 is 1.55 bits per heavy atom. The van der Waals surface area contributed by atoms with E-state index in [-0.39, 0.29) is 98.4 Å². The first kappa shape index (κ1) is 55.1. The molecule has 3 saturated carbocycles. The topological polar surface area (TPSA) is 200 Å². The van der Waals surface area contributed by atoms with E-state index in [0.29, 0.717) is 37.1 Å². The van der Waals surface area contributed by atoms with Crippen LogP contribution in [0.3, 0.4) is 0 Å². The van der Waals surface area contributed by atoms with Crippen LogP contribution in [-0.4, -0.2) is 65.6 Å². The van der Waals surface area contributed by atoms with Gasteiger partial charge < -0.3 is 19.7 Å². The Balaban J connectivity index is 0.935. The second-order valence-electron chi connectivity index (χ2n) is 20.9. The summed E-state index contributed by atoms with van der Waals surface area (Å²) < 4.78 is 205. The van der Waals surface area contributed by atoms with Crippen molar-refractivity contribution in [2.24, 2.45) is 23.7 Å². The third-order valence-electron chi connectivity index (χ3n) is 15.5. The molecule has 7 unspecified atom stereocenters. The van der Waals surface area contributed by atoms with Crippen LogP contribution in [-0.2, 0) is 38.8 Å². The lowest BCUT2D eigenvalue weighted by atomic mass is 9.98. The molecule has 3 aromatic carbocycles. The van der Waals surface area contributed by atoms with Crippen molar-refractivity contribution in [3.63, 3.8) is 0 Å². The highest BCUT2D eigenvalue weighted by molar-refractivity contribution is 5.79. The van der Waals surface area contributed by atoms with Crippen molar-refractivity contribution in [2.45, 2.75) is 102 Å². The van der Waals surface area contributed by atoms with Crippen molar-refractivity contribution >= 4 is 33.1 Å². The van der Waals surface area contributed by atoms with E-state index in [9.17, 15) is 62.7 Å². The number of ether oxygens (including phenoxy) is 1. The fourth-order valence-corrected chi connectivity index (χ4v) is 11.6. The zero-order valence-corrected chi connectivity index (χ0v) is 42.5. The lowest BCUT2D eigenvalue weighted by Gasteiger charge is -2.21. The maximum Gasteiger partial charge on any atom is 0.573 e. The van der Waals surface area contributed by atoms with Crippen LogP contribution in [0.15, 0.2) is 75.0 Å². The SMILES string of the molecule is Cc1nc2c(c(CF)nn2C(c2ccc(OC(F)(F)F)cc2)C2CC2c2nc3c(c(CF)nn3C(c3ccc(C(F)(F)F)c(F)c3)C3CC3Cc3nc4c(c(CF)nn4C(c4ccc(C(F)(F)F)c(F)c4)C4CC4)c(=O)[nH]3)c(=O)[nH]2)c(=O)[nH]1. The standard InChI is InChI=1S/C53H40F14N12O4/c1-20-68-45-38(48(80)69-20)34(17-54)75-78(45)42(22-4-8-26(9-5-22)83-53(65,66)67)28-16-29(28)44-72-47-40(50(82)73-44)36(19-56)76-79(47)43(24-7-11-31(33(58)14-24)52(62,63)64)27-12-25(27)15-37-70-46-39(49(81)71-37)35(18-55)74-77(46)41(21-2-3-21)23-6-10-30(32(57)13-23)51(59,60)61/h4-11,13-14,21,25,27-29,41-43H,2-3,12,15-19H2,1H3,(H,68,69,80)(H,70,71,81)(H,72,73,82). The number of benzene rings is 3. The molecule has 83 heavy (non-hydrogen) atoms. The van der Waals surface area contributed by atoms with Crippen molar-refractivity contribution < 1.29 is 66.2 Å². The number of rotatable bonds is 16. The van der Waals surface area contributed by atoms with Crippen LogP contribution in [0.2, 0.25) is 0 Å². The first-order chi connectivity index (χ1) is 39.3. The van der Waals surface area contributed by atoms with Crippen LogP contribution in [0.5, 0.6) is 5.75 Å². The Morgan fingerprint density at radius 2 is 1.05 bits per heavy atom. The van der Waals surface area contributed by atoms with Gasteiger partial charge in [0.2, 0.25) is 0 Å². The van der Waals surface area contributed by atoms with Crippen molar-refractivity contribution in [2.75, 3.05) is 0 Å². The molecular weight excluding hydrogens is 1130 g/mol. The minimum Gasteiger partial charge on any atom is -0.406 e. The molecule has 12 rings (SSSR count). The van der Waals surface area contributed by atoms with E-state index in [1.165, 1.54) is 28.4 Å². The summed E-state index contributed by atoms with van der Waals surface area (Å²) >= 11 is 0. The normalized spacial score (nSPS) is 19.5. The molecule has 0 aliphatic heterocycles. The van der Waals surface area contributed by atoms with Gasteiger partial charge in [-0.1, -0.05) is 24.3 Å². The number of aromatic amines is 3. The van der Waals surface area contributed by atoms with Crippen LogP contribution < -0.4 is 21.4 Å². The summed E-state index contributed by atoms with van der Waals surface area (Å²) in [4.78, 5) is 62.8. The fourth-order valence-electron chi connectivity index (χ4n) is 11.6. The van der Waals surface area contributed by atoms with Gasteiger partial charge in [0.25, 0.3) is 16.7 Å². The largest absolute Gasteiger partial charge is 0.573 e. The average Bonchev–Trinajstić information content (AvgIpc) is 2.28. The molecule has 3 N–H and O–H groups in total. The number of fused-ring (bicyclic) bond motifs is 3. The van der Waals surface area contributed by atoms with Crippen LogP contribution in [0.25, 0.3) is 33.1 Å². The number of nitrogens with zero attached hydrogens (tertiary/aromatic N) is 9. The van der Waals surface area contributed by atoms with Crippen molar-refractivity contribution in [3.8, 4) is 5.75 Å². The predicted octanol–water partition coefficient (Wildman–Crippen LogP) is 10.8. The third-order valence-corrected chi connectivity index (χ3v) is 15.5. The minimum atomic E-state index is -5.15. The predicted molar refractivity (Wildman–Crippen MR) is 263 cm³/mol. The lowest BCUT2D eigenvalue weighted by molar-refractivity contribution is -0.274. The van der Waals surface area contributed by atoms with Gasteiger partial charge >= 0.3 is 18.7 Å².